The molecule has 0 aromatic heterocycles. The van der Waals surface area contributed by atoms with E-state index in [0.717, 1.165) is 22.6 Å². The number of rotatable bonds is 11. The molecular formula is C33H42N2O6S. The Bertz CT molecular complexity index is 1450. The number of carbonyl (C=O) groups is 1. The van der Waals surface area contributed by atoms with E-state index >= 15 is 0 Å². The Hall–Kier alpha value is -3.72. The summed E-state index contributed by atoms with van der Waals surface area (Å²) in [6.07, 6.45) is 1.36. The molecule has 226 valence electrons. The van der Waals surface area contributed by atoms with E-state index in [-0.39, 0.29) is 23.5 Å². The molecule has 0 bridgehead atoms. The van der Waals surface area contributed by atoms with Crippen LogP contribution in [0.25, 0.3) is 0 Å². The minimum Gasteiger partial charge on any atom is -0.497 e. The van der Waals surface area contributed by atoms with Gasteiger partial charge in [0.25, 0.3) is 0 Å². The first-order chi connectivity index (χ1) is 20.0. The van der Waals surface area contributed by atoms with Crippen LogP contribution in [-0.4, -0.2) is 41.6 Å². The van der Waals surface area contributed by atoms with Crippen LogP contribution in [0, 0.1) is 5.92 Å². The molecular weight excluding hydrogens is 552 g/mol. The van der Waals surface area contributed by atoms with Crippen molar-refractivity contribution >= 4 is 21.9 Å². The second-order valence-corrected chi connectivity index (χ2v) is 12.6. The minimum absolute atomic E-state index is 0.0301. The lowest BCUT2D eigenvalue weighted by Gasteiger charge is -2.37. The van der Waals surface area contributed by atoms with Gasteiger partial charge in [-0.3, -0.25) is 4.79 Å². The second kappa shape index (κ2) is 13.5. The molecule has 1 amide bonds. The Labute approximate surface area is 250 Å². The van der Waals surface area contributed by atoms with Crippen molar-refractivity contribution in [1.82, 2.24) is 4.72 Å². The first-order valence-electron chi connectivity index (χ1n) is 14.4. The number of amides is 1. The predicted octanol–water partition coefficient (Wildman–Crippen LogP) is 6.39. The third kappa shape index (κ3) is 7.18. The summed E-state index contributed by atoms with van der Waals surface area (Å²) in [5, 5.41) is 0. The van der Waals surface area contributed by atoms with E-state index in [0.29, 0.717) is 37.2 Å². The van der Waals surface area contributed by atoms with Gasteiger partial charge >= 0.3 is 10.3 Å². The van der Waals surface area contributed by atoms with Crippen LogP contribution in [0.5, 0.6) is 17.2 Å². The average Bonchev–Trinajstić information content (AvgIpc) is 2.97. The van der Waals surface area contributed by atoms with Crippen molar-refractivity contribution in [2.75, 3.05) is 32.2 Å². The van der Waals surface area contributed by atoms with E-state index in [1.54, 1.807) is 26.4 Å². The molecule has 1 aliphatic heterocycles. The Morgan fingerprint density at radius 3 is 2.07 bits per heavy atom. The van der Waals surface area contributed by atoms with Gasteiger partial charge in [-0.25, -0.2) is 4.72 Å². The van der Waals surface area contributed by atoms with Gasteiger partial charge < -0.3 is 18.6 Å². The lowest BCUT2D eigenvalue weighted by atomic mass is 9.79. The number of anilines is 1. The van der Waals surface area contributed by atoms with E-state index < -0.39 is 22.1 Å². The normalized spacial score (nSPS) is 15.0. The molecule has 8 nitrogen and oxygen atoms in total. The fourth-order valence-electron chi connectivity index (χ4n) is 5.73. The summed E-state index contributed by atoms with van der Waals surface area (Å²) >= 11 is 0. The highest BCUT2D eigenvalue weighted by Gasteiger charge is 2.36. The van der Waals surface area contributed by atoms with Crippen molar-refractivity contribution in [2.45, 2.75) is 58.3 Å². The molecule has 3 aromatic carbocycles. The molecule has 1 unspecified atom stereocenters. The van der Waals surface area contributed by atoms with E-state index in [1.807, 2.05) is 82.3 Å². The molecule has 9 heteroatoms. The van der Waals surface area contributed by atoms with Gasteiger partial charge in [-0.05, 0) is 71.6 Å². The molecule has 4 rings (SSSR count). The molecule has 1 heterocycles. The van der Waals surface area contributed by atoms with Gasteiger partial charge in [0.1, 0.15) is 11.5 Å². The minimum atomic E-state index is -4.47. The molecule has 1 saturated heterocycles. The van der Waals surface area contributed by atoms with Crippen molar-refractivity contribution in [1.29, 1.82) is 0 Å². The molecule has 1 aliphatic rings. The van der Waals surface area contributed by atoms with Crippen molar-refractivity contribution < 1.29 is 26.9 Å². The predicted molar refractivity (Wildman–Crippen MR) is 166 cm³/mol. The molecule has 0 aliphatic carbocycles. The number of ether oxygens (including phenoxy) is 2. The highest BCUT2D eigenvalue weighted by molar-refractivity contribution is 7.85. The van der Waals surface area contributed by atoms with Crippen molar-refractivity contribution in [3.05, 3.63) is 83.4 Å². The molecule has 0 saturated carbocycles. The fraction of sp³-hybridized carbons (Fsp3) is 0.424. The number of carbonyl (C=O) groups excluding carboxylic acids is 1. The summed E-state index contributed by atoms with van der Waals surface area (Å²) < 4.78 is 45.7. The molecule has 3 aromatic rings. The highest BCUT2D eigenvalue weighted by Crippen LogP contribution is 2.39. The van der Waals surface area contributed by atoms with Crippen LogP contribution in [0.2, 0.25) is 0 Å². The SMILES string of the molecule is COc1cccc(C(C(=O)NS(=O)(=O)Oc2c(C(C)C)cccc2C(C)C)C2CCN(c3ccccc3OC)CC2)c1. The smallest absolute Gasteiger partial charge is 0.409 e. The zero-order chi connectivity index (χ0) is 30.4. The fourth-order valence-corrected chi connectivity index (χ4v) is 6.56. The number of nitrogens with zero attached hydrogens (tertiary/aromatic N) is 1. The van der Waals surface area contributed by atoms with E-state index in [4.69, 9.17) is 13.7 Å². The lowest BCUT2D eigenvalue weighted by Crippen LogP contribution is -2.43. The number of piperidine rings is 1. The van der Waals surface area contributed by atoms with Crippen LogP contribution in [-0.2, 0) is 15.1 Å². The number of nitrogens with one attached hydrogen (secondary N) is 1. The number of hydrogen-bond donors (Lipinski definition) is 1. The Balaban J connectivity index is 1.60. The molecule has 1 N–H and O–H groups in total. The van der Waals surface area contributed by atoms with E-state index in [2.05, 4.69) is 9.62 Å². The maximum absolute atomic E-state index is 13.9. The summed E-state index contributed by atoms with van der Waals surface area (Å²) in [5.41, 5.74) is 3.24. The quantitative estimate of drug-likeness (QED) is 0.275. The topological polar surface area (TPSA) is 94.2 Å². The van der Waals surface area contributed by atoms with Crippen molar-refractivity contribution in [3.8, 4) is 17.2 Å². The third-order valence-electron chi connectivity index (χ3n) is 7.91. The van der Waals surface area contributed by atoms with Crippen LogP contribution in [0.15, 0.2) is 66.7 Å². The Kier molecular flexibility index (Phi) is 10.0. The number of para-hydroxylation sites is 3. The zero-order valence-corrected chi connectivity index (χ0v) is 26.1. The highest BCUT2D eigenvalue weighted by atomic mass is 32.2. The molecule has 1 atom stereocenters. The van der Waals surface area contributed by atoms with Gasteiger partial charge in [-0.15, -0.1) is 0 Å². The summed E-state index contributed by atoms with van der Waals surface area (Å²) in [4.78, 5) is 16.1. The average molecular weight is 595 g/mol. The maximum atomic E-state index is 13.9. The van der Waals surface area contributed by atoms with Gasteiger partial charge in [0.2, 0.25) is 5.91 Å². The first-order valence-corrected chi connectivity index (χ1v) is 15.9. The van der Waals surface area contributed by atoms with Gasteiger partial charge in [-0.2, -0.15) is 8.42 Å². The molecule has 0 radical (unpaired) electrons. The number of hydrogen-bond acceptors (Lipinski definition) is 7. The lowest BCUT2D eigenvalue weighted by molar-refractivity contribution is -0.122. The van der Waals surface area contributed by atoms with Gasteiger partial charge in [0.15, 0.2) is 5.75 Å². The van der Waals surface area contributed by atoms with Crippen LogP contribution < -0.4 is 23.3 Å². The summed E-state index contributed by atoms with van der Waals surface area (Å²) in [5.74, 6) is 0.297. The largest absolute Gasteiger partial charge is 0.497 e. The Morgan fingerprint density at radius 2 is 1.48 bits per heavy atom. The molecule has 42 heavy (non-hydrogen) atoms. The molecule has 1 fully saturated rings. The number of methoxy groups -OCH3 is 2. The van der Waals surface area contributed by atoms with E-state index in [9.17, 15) is 13.2 Å². The Morgan fingerprint density at radius 1 is 0.857 bits per heavy atom. The first kappa shape index (κ1) is 31.2. The number of benzene rings is 3. The van der Waals surface area contributed by atoms with Crippen molar-refractivity contribution in [2.24, 2.45) is 5.92 Å². The van der Waals surface area contributed by atoms with Crippen molar-refractivity contribution in [3.63, 3.8) is 0 Å². The van der Waals surface area contributed by atoms with Gasteiger partial charge in [0.05, 0.1) is 25.8 Å². The van der Waals surface area contributed by atoms with Crippen LogP contribution in [0.4, 0.5) is 5.69 Å². The van der Waals surface area contributed by atoms with Gasteiger partial charge in [-0.1, -0.05) is 70.2 Å². The maximum Gasteiger partial charge on any atom is 0.409 e. The summed E-state index contributed by atoms with van der Waals surface area (Å²) in [6.45, 7) is 9.31. The van der Waals surface area contributed by atoms with E-state index in [1.165, 1.54) is 0 Å². The van der Waals surface area contributed by atoms with Crippen LogP contribution >= 0.6 is 0 Å². The van der Waals surface area contributed by atoms with Gasteiger partial charge in [0, 0.05) is 13.1 Å². The monoisotopic (exact) mass is 594 g/mol. The zero-order valence-electron chi connectivity index (χ0n) is 25.3. The summed E-state index contributed by atoms with van der Waals surface area (Å²) in [7, 11) is -1.25. The van der Waals surface area contributed by atoms with Crippen LogP contribution in [0.1, 0.15) is 75.0 Å². The summed E-state index contributed by atoms with van der Waals surface area (Å²) in [6, 6.07) is 20.8. The standard InChI is InChI=1S/C33H42N2O6S/c1-22(2)27-13-10-14-28(23(3)4)32(27)41-42(37,38)34-33(36)31(25-11-9-12-26(21-25)39-5)24-17-19-35(20-18-24)29-15-7-8-16-30(29)40-6/h7-16,21-24,31H,17-20H2,1-6H3,(H,34,36). The molecule has 0 spiro atoms. The van der Waals surface area contributed by atoms with Crippen LogP contribution in [0.3, 0.4) is 0 Å². The third-order valence-corrected chi connectivity index (χ3v) is 8.75. The second-order valence-electron chi connectivity index (χ2n) is 11.3.